The minimum Gasteiger partial charge on any atom is -0.495 e. The van der Waals surface area contributed by atoms with Gasteiger partial charge in [0, 0.05) is 5.92 Å². The third-order valence-corrected chi connectivity index (χ3v) is 5.48. The van der Waals surface area contributed by atoms with Gasteiger partial charge >= 0.3 is 0 Å². The quantitative estimate of drug-likeness (QED) is 0.610. The Bertz CT molecular complexity index is 1070. The van der Waals surface area contributed by atoms with Crippen LogP contribution in [0.2, 0.25) is 0 Å². The van der Waals surface area contributed by atoms with Crippen molar-refractivity contribution in [3.63, 3.8) is 0 Å². The fourth-order valence-corrected chi connectivity index (χ4v) is 4.01. The van der Waals surface area contributed by atoms with Crippen LogP contribution in [0.15, 0.2) is 91.0 Å². The molecule has 2 atom stereocenters. The lowest BCUT2D eigenvalue weighted by atomic mass is 9.73. The molecule has 4 heteroatoms. The number of nitrogens with one attached hydrogen (secondary N) is 1. The number of ketones is 1. The summed E-state index contributed by atoms with van der Waals surface area (Å²) in [6.45, 7) is 0. The molecule has 0 fully saturated rings. The van der Waals surface area contributed by atoms with E-state index in [0.29, 0.717) is 17.9 Å². The smallest absolute Gasteiger partial charge is 0.236 e. The van der Waals surface area contributed by atoms with Crippen LogP contribution in [0.25, 0.3) is 5.57 Å². The predicted octanol–water partition coefficient (Wildman–Crippen LogP) is 5.09. The molecule has 3 aromatic rings. The van der Waals surface area contributed by atoms with Crippen LogP contribution in [0.3, 0.4) is 0 Å². The normalized spacial score (nSPS) is 18.4. The van der Waals surface area contributed by atoms with Gasteiger partial charge in [-0.3, -0.25) is 9.59 Å². The highest BCUT2D eigenvalue weighted by Crippen LogP contribution is 2.40. The van der Waals surface area contributed by atoms with Crippen molar-refractivity contribution in [2.24, 2.45) is 5.92 Å². The van der Waals surface area contributed by atoms with Crippen LogP contribution in [0, 0.1) is 5.92 Å². The monoisotopic (exact) mass is 397 g/mol. The minimum absolute atomic E-state index is 0.179. The third kappa shape index (κ3) is 4.03. The molecule has 0 aromatic heterocycles. The lowest BCUT2D eigenvalue weighted by molar-refractivity contribution is -0.129. The van der Waals surface area contributed by atoms with Gasteiger partial charge in [-0.1, -0.05) is 72.8 Å². The van der Waals surface area contributed by atoms with E-state index in [0.717, 1.165) is 16.7 Å². The molecule has 0 heterocycles. The molecular formula is C26H23NO3. The number of allylic oxidation sites excluding steroid dienone is 2. The van der Waals surface area contributed by atoms with Crippen molar-refractivity contribution in [1.82, 2.24) is 0 Å². The van der Waals surface area contributed by atoms with Gasteiger partial charge in [-0.2, -0.15) is 0 Å². The number of anilines is 1. The Balaban J connectivity index is 1.70. The first-order valence-corrected chi connectivity index (χ1v) is 9.96. The van der Waals surface area contributed by atoms with Crippen molar-refractivity contribution in [1.29, 1.82) is 0 Å². The highest BCUT2D eigenvalue weighted by atomic mass is 16.5. The van der Waals surface area contributed by atoms with Crippen LogP contribution in [0.4, 0.5) is 5.69 Å². The van der Waals surface area contributed by atoms with E-state index in [1.807, 2.05) is 72.8 Å². The van der Waals surface area contributed by atoms with E-state index >= 15 is 0 Å². The van der Waals surface area contributed by atoms with Gasteiger partial charge < -0.3 is 10.1 Å². The number of ether oxygens (including phenoxy) is 1. The van der Waals surface area contributed by atoms with Crippen molar-refractivity contribution in [3.05, 3.63) is 102 Å². The maximum Gasteiger partial charge on any atom is 0.236 e. The Morgan fingerprint density at radius 1 is 0.900 bits per heavy atom. The zero-order chi connectivity index (χ0) is 20.9. The molecule has 3 aromatic carbocycles. The number of hydrogen-bond donors (Lipinski definition) is 1. The summed E-state index contributed by atoms with van der Waals surface area (Å²) in [6.07, 6.45) is 2.24. The van der Waals surface area contributed by atoms with E-state index in [2.05, 4.69) is 5.32 Å². The standard InChI is InChI=1S/C26H23NO3/c1-30-24-15-9-8-14-22(24)27-26(29)25-21(19-12-6-3-7-13-19)16-20(17-23(25)28)18-10-4-2-5-11-18/h2-15,17,21,25H,16H2,1H3,(H,27,29). The van der Waals surface area contributed by atoms with Crippen LogP contribution in [-0.2, 0) is 9.59 Å². The summed E-state index contributed by atoms with van der Waals surface area (Å²) in [4.78, 5) is 26.4. The minimum atomic E-state index is -0.801. The second-order valence-electron chi connectivity index (χ2n) is 7.33. The molecule has 150 valence electrons. The first-order chi connectivity index (χ1) is 14.7. The topological polar surface area (TPSA) is 55.4 Å². The summed E-state index contributed by atoms with van der Waals surface area (Å²) in [6, 6.07) is 26.8. The second-order valence-corrected chi connectivity index (χ2v) is 7.33. The molecule has 1 N–H and O–H groups in total. The van der Waals surface area contributed by atoms with Gasteiger partial charge in [-0.05, 0) is 41.3 Å². The largest absolute Gasteiger partial charge is 0.495 e. The molecule has 0 spiro atoms. The Labute approximate surface area is 176 Å². The number of para-hydroxylation sites is 2. The molecule has 0 saturated carbocycles. The molecule has 1 amide bonds. The summed E-state index contributed by atoms with van der Waals surface area (Å²) in [5.41, 5.74) is 3.50. The van der Waals surface area contributed by atoms with E-state index in [-0.39, 0.29) is 17.6 Å². The average Bonchev–Trinajstić information content (AvgIpc) is 2.80. The second kappa shape index (κ2) is 8.78. The van der Waals surface area contributed by atoms with Gasteiger partial charge in [-0.15, -0.1) is 0 Å². The van der Waals surface area contributed by atoms with Crippen LogP contribution in [-0.4, -0.2) is 18.8 Å². The van der Waals surface area contributed by atoms with Gasteiger partial charge in [-0.25, -0.2) is 0 Å². The molecule has 0 radical (unpaired) electrons. The van der Waals surface area contributed by atoms with E-state index in [4.69, 9.17) is 4.74 Å². The lowest BCUT2D eigenvalue weighted by Crippen LogP contribution is -2.36. The number of benzene rings is 3. The van der Waals surface area contributed by atoms with Gasteiger partial charge in [0.25, 0.3) is 0 Å². The van der Waals surface area contributed by atoms with E-state index < -0.39 is 5.92 Å². The zero-order valence-corrected chi connectivity index (χ0v) is 16.7. The van der Waals surface area contributed by atoms with Crippen LogP contribution in [0.1, 0.15) is 23.5 Å². The number of rotatable bonds is 5. The first-order valence-electron chi connectivity index (χ1n) is 9.96. The summed E-state index contributed by atoms with van der Waals surface area (Å²) in [5, 5.41) is 2.90. The number of carbonyl (C=O) groups excluding carboxylic acids is 2. The first kappa shape index (κ1) is 19.6. The average molecular weight is 397 g/mol. The fraction of sp³-hybridized carbons (Fsp3) is 0.154. The van der Waals surface area contributed by atoms with Crippen LogP contribution < -0.4 is 10.1 Å². The summed E-state index contributed by atoms with van der Waals surface area (Å²) in [7, 11) is 1.55. The Kier molecular flexibility index (Phi) is 5.75. The molecule has 4 rings (SSSR count). The molecule has 0 aliphatic heterocycles. The highest BCUT2D eigenvalue weighted by molar-refractivity contribution is 6.15. The Hall–Kier alpha value is -3.66. The van der Waals surface area contributed by atoms with Crippen molar-refractivity contribution in [2.75, 3.05) is 12.4 Å². The summed E-state index contributed by atoms with van der Waals surface area (Å²) < 4.78 is 5.34. The number of amides is 1. The van der Waals surface area contributed by atoms with Crippen molar-refractivity contribution >= 4 is 23.0 Å². The number of carbonyl (C=O) groups is 2. The van der Waals surface area contributed by atoms with Crippen molar-refractivity contribution in [3.8, 4) is 5.75 Å². The molecule has 4 nitrogen and oxygen atoms in total. The lowest BCUT2D eigenvalue weighted by Gasteiger charge is -2.30. The molecule has 1 aliphatic rings. The van der Waals surface area contributed by atoms with Crippen molar-refractivity contribution < 1.29 is 14.3 Å². The van der Waals surface area contributed by atoms with E-state index in [9.17, 15) is 9.59 Å². The molecular weight excluding hydrogens is 374 g/mol. The fourth-order valence-electron chi connectivity index (χ4n) is 4.01. The van der Waals surface area contributed by atoms with Gasteiger partial charge in [0.15, 0.2) is 5.78 Å². The van der Waals surface area contributed by atoms with Crippen LogP contribution >= 0.6 is 0 Å². The molecule has 0 saturated heterocycles. The number of methoxy groups -OCH3 is 1. The van der Waals surface area contributed by atoms with E-state index in [1.165, 1.54) is 0 Å². The molecule has 1 aliphatic carbocycles. The molecule has 2 unspecified atom stereocenters. The molecule has 0 bridgehead atoms. The molecule has 30 heavy (non-hydrogen) atoms. The highest BCUT2D eigenvalue weighted by Gasteiger charge is 2.38. The third-order valence-electron chi connectivity index (χ3n) is 5.48. The number of hydrogen-bond acceptors (Lipinski definition) is 3. The summed E-state index contributed by atoms with van der Waals surface area (Å²) >= 11 is 0. The van der Waals surface area contributed by atoms with Gasteiger partial charge in [0.1, 0.15) is 11.7 Å². The van der Waals surface area contributed by atoms with Crippen molar-refractivity contribution in [2.45, 2.75) is 12.3 Å². The Morgan fingerprint density at radius 2 is 1.53 bits per heavy atom. The zero-order valence-electron chi connectivity index (χ0n) is 16.7. The predicted molar refractivity (Wildman–Crippen MR) is 118 cm³/mol. The van der Waals surface area contributed by atoms with Crippen LogP contribution in [0.5, 0.6) is 5.75 Å². The van der Waals surface area contributed by atoms with Gasteiger partial charge in [0.05, 0.1) is 12.8 Å². The Morgan fingerprint density at radius 3 is 2.23 bits per heavy atom. The van der Waals surface area contributed by atoms with Gasteiger partial charge in [0.2, 0.25) is 5.91 Å². The maximum absolute atomic E-state index is 13.3. The maximum atomic E-state index is 13.3. The SMILES string of the molecule is COc1ccccc1NC(=O)C1C(=O)C=C(c2ccccc2)CC1c1ccccc1. The van der Waals surface area contributed by atoms with E-state index in [1.54, 1.807) is 25.3 Å². The summed E-state index contributed by atoms with van der Waals surface area (Å²) in [5.74, 6) is -0.979.